The van der Waals surface area contributed by atoms with E-state index in [2.05, 4.69) is 15.6 Å². The molecule has 0 aliphatic heterocycles. The summed E-state index contributed by atoms with van der Waals surface area (Å²) in [6.07, 6.45) is 3.84. The summed E-state index contributed by atoms with van der Waals surface area (Å²) in [5.74, 6) is 1.53. The maximum atomic E-state index is 4.99. The molecule has 0 fully saturated rings. The zero-order valence-electron chi connectivity index (χ0n) is 10.6. The molecule has 0 radical (unpaired) electrons. The summed E-state index contributed by atoms with van der Waals surface area (Å²) in [6, 6.07) is 11.9. The lowest BCUT2D eigenvalue weighted by Gasteiger charge is -2.00. The Morgan fingerprint density at radius 2 is 2.11 bits per heavy atom. The van der Waals surface area contributed by atoms with Gasteiger partial charge in [0.05, 0.1) is 11.9 Å². The molecular weight excluding hydrogens is 240 g/mol. The molecule has 19 heavy (non-hydrogen) atoms. The Bertz CT molecular complexity index is 657. The Kier molecular flexibility index (Phi) is 3.02. The molecule has 0 bridgehead atoms. The third-order valence-electron chi connectivity index (χ3n) is 2.76. The van der Waals surface area contributed by atoms with Gasteiger partial charge in [0, 0.05) is 24.4 Å². The van der Waals surface area contributed by atoms with Crippen LogP contribution < -0.4 is 5.32 Å². The maximum absolute atomic E-state index is 4.99. The fourth-order valence-corrected chi connectivity index (χ4v) is 1.82. The lowest BCUT2D eigenvalue weighted by Crippen LogP contribution is -1.98. The highest BCUT2D eigenvalue weighted by molar-refractivity contribution is 5.35. The summed E-state index contributed by atoms with van der Waals surface area (Å²) in [7, 11) is 0. The van der Waals surface area contributed by atoms with E-state index in [9.17, 15) is 0 Å². The van der Waals surface area contributed by atoms with Crippen LogP contribution in [0.15, 0.2) is 53.3 Å². The Morgan fingerprint density at radius 3 is 2.84 bits per heavy atom. The highest BCUT2D eigenvalue weighted by Gasteiger charge is 2.02. The lowest BCUT2D eigenvalue weighted by molar-refractivity contribution is 0.399. The average molecular weight is 254 g/mol. The second-order valence-corrected chi connectivity index (χ2v) is 4.31. The fourth-order valence-electron chi connectivity index (χ4n) is 1.82. The Morgan fingerprint density at radius 1 is 1.26 bits per heavy atom. The van der Waals surface area contributed by atoms with Crippen LogP contribution in [0.25, 0.3) is 5.69 Å². The number of anilines is 1. The van der Waals surface area contributed by atoms with Crippen LogP contribution in [0, 0.1) is 6.92 Å². The van der Waals surface area contributed by atoms with Crippen molar-refractivity contribution in [3.8, 4) is 5.69 Å². The number of rotatable bonds is 4. The van der Waals surface area contributed by atoms with E-state index >= 15 is 0 Å². The quantitative estimate of drug-likeness (QED) is 0.777. The van der Waals surface area contributed by atoms with Crippen LogP contribution in [-0.2, 0) is 6.54 Å². The van der Waals surface area contributed by atoms with E-state index in [1.165, 1.54) is 0 Å². The summed E-state index contributed by atoms with van der Waals surface area (Å²) < 4.78 is 6.85. The second kappa shape index (κ2) is 4.97. The minimum atomic E-state index is 0.665. The minimum absolute atomic E-state index is 0.665. The number of nitrogens with zero attached hydrogens (tertiary/aromatic N) is 3. The highest BCUT2D eigenvalue weighted by atomic mass is 16.5. The molecule has 0 spiro atoms. The van der Waals surface area contributed by atoms with Crippen LogP contribution in [0.5, 0.6) is 0 Å². The van der Waals surface area contributed by atoms with Crippen LogP contribution in [-0.4, -0.2) is 14.9 Å². The lowest BCUT2D eigenvalue weighted by atomic mass is 10.3. The third kappa shape index (κ3) is 2.65. The van der Waals surface area contributed by atoms with Crippen molar-refractivity contribution in [3.63, 3.8) is 0 Å². The minimum Gasteiger partial charge on any atom is -0.363 e. The Balaban J connectivity index is 1.68. The molecule has 1 aromatic carbocycles. The fraction of sp³-hybridized carbons (Fsp3) is 0.143. The highest BCUT2D eigenvalue weighted by Crippen LogP contribution is 2.11. The predicted octanol–water partition coefficient (Wildman–Crippen LogP) is 2.78. The van der Waals surface area contributed by atoms with Crippen molar-refractivity contribution in [1.82, 2.24) is 14.9 Å². The van der Waals surface area contributed by atoms with Crippen molar-refractivity contribution in [3.05, 3.63) is 60.1 Å². The molecule has 0 saturated heterocycles. The summed E-state index contributed by atoms with van der Waals surface area (Å²) in [6.45, 7) is 2.53. The van der Waals surface area contributed by atoms with Crippen LogP contribution in [0.4, 0.5) is 5.82 Å². The van der Waals surface area contributed by atoms with Gasteiger partial charge in [0.2, 0.25) is 0 Å². The first-order chi connectivity index (χ1) is 9.31. The van der Waals surface area contributed by atoms with E-state index in [-0.39, 0.29) is 0 Å². The first kappa shape index (κ1) is 11.5. The van der Waals surface area contributed by atoms with Gasteiger partial charge < -0.3 is 9.84 Å². The molecule has 2 aromatic heterocycles. The number of hydrogen-bond donors (Lipinski definition) is 1. The summed E-state index contributed by atoms with van der Waals surface area (Å²) in [5.41, 5.74) is 2.13. The van der Waals surface area contributed by atoms with E-state index in [1.807, 2.05) is 60.4 Å². The molecule has 0 aliphatic carbocycles. The number of para-hydroxylation sites is 1. The molecule has 2 heterocycles. The molecule has 0 aliphatic rings. The first-order valence-electron chi connectivity index (χ1n) is 6.07. The average Bonchev–Trinajstić information content (AvgIpc) is 3.06. The number of nitrogens with one attached hydrogen (secondary N) is 1. The topological polar surface area (TPSA) is 55.9 Å². The van der Waals surface area contributed by atoms with Gasteiger partial charge in [-0.15, -0.1) is 0 Å². The van der Waals surface area contributed by atoms with Gasteiger partial charge in [0.15, 0.2) is 5.82 Å². The van der Waals surface area contributed by atoms with Crippen molar-refractivity contribution < 1.29 is 4.52 Å². The number of aryl methyl sites for hydroxylation is 1. The normalized spacial score (nSPS) is 10.6. The van der Waals surface area contributed by atoms with E-state index in [4.69, 9.17) is 4.52 Å². The van der Waals surface area contributed by atoms with Gasteiger partial charge in [0.25, 0.3) is 0 Å². The zero-order valence-corrected chi connectivity index (χ0v) is 10.6. The molecule has 1 N–H and O–H groups in total. The van der Waals surface area contributed by atoms with E-state index in [0.717, 1.165) is 22.8 Å². The first-order valence-corrected chi connectivity index (χ1v) is 6.07. The molecule has 96 valence electrons. The predicted molar refractivity (Wildman–Crippen MR) is 72.1 cm³/mol. The number of aromatic nitrogens is 3. The SMILES string of the molecule is Cc1cc(NCc2cnn(-c3ccccc3)c2)no1. The van der Waals surface area contributed by atoms with Crippen LogP contribution in [0.1, 0.15) is 11.3 Å². The molecular formula is C14H14N4O. The van der Waals surface area contributed by atoms with Crippen molar-refractivity contribution in [2.24, 2.45) is 0 Å². The van der Waals surface area contributed by atoms with Crippen molar-refractivity contribution in [1.29, 1.82) is 0 Å². The van der Waals surface area contributed by atoms with Crippen molar-refractivity contribution in [2.75, 3.05) is 5.32 Å². The molecule has 3 aromatic rings. The van der Waals surface area contributed by atoms with Crippen molar-refractivity contribution in [2.45, 2.75) is 13.5 Å². The molecule has 5 nitrogen and oxygen atoms in total. The standard InChI is InChI=1S/C14H14N4O/c1-11-7-14(17-19-11)15-8-12-9-16-18(10-12)13-5-3-2-4-6-13/h2-7,9-10H,8H2,1H3,(H,15,17). The molecule has 0 saturated carbocycles. The van der Waals surface area contributed by atoms with Crippen LogP contribution >= 0.6 is 0 Å². The molecule has 0 amide bonds. The third-order valence-corrected chi connectivity index (χ3v) is 2.76. The second-order valence-electron chi connectivity index (χ2n) is 4.31. The van der Waals surface area contributed by atoms with Gasteiger partial charge in [-0.1, -0.05) is 23.4 Å². The maximum Gasteiger partial charge on any atom is 0.169 e. The number of hydrogen-bond acceptors (Lipinski definition) is 4. The molecule has 0 unspecified atom stereocenters. The Labute approximate surface area is 110 Å². The smallest absolute Gasteiger partial charge is 0.169 e. The largest absolute Gasteiger partial charge is 0.363 e. The van der Waals surface area contributed by atoms with Gasteiger partial charge in [-0.2, -0.15) is 5.10 Å². The summed E-state index contributed by atoms with van der Waals surface area (Å²) in [4.78, 5) is 0. The van der Waals surface area contributed by atoms with Gasteiger partial charge in [0.1, 0.15) is 5.76 Å². The number of benzene rings is 1. The van der Waals surface area contributed by atoms with Crippen LogP contribution in [0.2, 0.25) is 0 Å². The zero-order chi connectivity index (χ0) is 13.1. The molecule has 5 heteroatoms. The van der Waals surface area contributed by atoms with E-state index < -0.39 is 0 Å². The van der Waals surface area contributed by atoms with Gasteiger partial charge in [-0.25, -0.2) is 4.68 Å². The van der Waals surface area contributed by atoms with Crippen LogP contribution in [0.3, 0.4) is 0 Å². The van der Waals surface area contributed by atoms with Gasteiger partial charge in [-0.3, -0.25) is 0 Å². The van der Waals surface area contributed by atoms with E-state index in [1.54, 1.807) is 0 Å². The van der Waals surface area contributed by atoms with Crippen molar-refractivity contribution >= 4 is 5.82 Å². The van der Waals surface area contributed by atoms with Gasteiger partial charge >= 0.3 is 0 Å². The summed E-state index contributed by atoms with van der Waals surface area (Å²) in [5, 5.41) is 11.4. The molecule has 0 atom stereocenters. The van der Waals surface area contributed by atoms with Gasteiger partial charge in [-0.05, 0) is 19.1 Å². The Hall–Kier alpha value is -2.56. The monoisotopic (exact) mass is 254 g/mol. The molecule has 3 rings (SSSR count). The summed E-state index contributed by atoms with van der Waals surface area (Å²) >= 11 is 0. The van der Waals surface area contributed by atoms with E-state index in [0.29, 0.717) is 6.54 Å².